The van der Waals surface area contributed by atoms with Gasteiger partial charge in [0.05, 0.1) is 18.1 Å². The second-order valence-corrected chi connectivity index (χ2v) is 9.24. The van der Waals surface area contributed by atoms with Crippen molar-refractivity contribution in [1.29, 1.82) is 0 Å². The predicted octanol–water partition coefficient (Wildman–Crippen LogP) is 1.63. The van der Waals surface area contributed by atoms with Gasteiger partial charge in [-0.1, -0.05) is 12.5 Å². The van der Waals surface area contributed by atoms with Gasteiger partial charge in [-0.25, -0.2) is 8.42 Å². The van der Waals surface area contributed by atoms with E-state index in [2.05, 4.69) is 5.32 Å². The second kappa shape index (κ2) is 6.70. The Bertz CT molecular complexity index is 758. The molecule has 2 saturated carbocycles. The van der Waals surface area contributed by atoms with E-state index in [-0.39, 0.29) is 16.8 Å². The maximum atomic E-state index is 12.7. The third-order valence-corrected chi connectivity index (χ3v) is 7.65. The maximum absolute atomic E-state index is 12.7. The minimum Gasteiger partial charge on any atom is -0.379 e. The van der Waals surface area contributed by atoms with E-state index in [1.165, 1.54) is 29.6 Å². The number of hydrogen-bond acceptors (Lipinski definition) is 4. The fourth-order valence-corrected chi connectivity index (χ4v) is 5.86. The Labute approximate surface area is 148 Å². The van der Waals surface area contributed by atoms with Gasteiger partial charge in [0.2, 0.25) is 10.0 Å². The number of rotatable bonds is 4. The van der Waals surface area contributed by atoms with Gasteiger partial charge in [-0.2, -0.15) is 4.31 Å². The molecule has 1 heterocycles. The molecule has 3 aliphatic rings. The van der Waals surface area contributed by atoms with Crippen molar-refractivity contribution in [2.45, 2.75) is 36.6 Å². The molecule has 1 aromatic carbocycles. The number of sulfonamides is 1. The summed E-state index contributed by atoms with van der Waals surface area (Å²) in [5.41, 5.74) is 0.414. The van der Waals surface area contributed by atoms with E-state index in [0.29, 0.717) is 37.8 Å². The summed E-state index contributed by atoms with van der Waals surface area (Å²) in [6.45, 7) is 1.51. The van der Waals surface area contributed by atoms with Crippen molar-refractivity contribution in [3.63, 3.8) is 0 Å². The molecule has 7 heteroatoms. The number of amides is 1. The van der Waals surface area contributed by atoms with E-state index in [4.69, 9.17) is 4.74 Å². The van der Waals surface area contributed by atoms with Crippen molar-refractivity contribution in [3.05, 3.63) is 29.8 Å². The van der Waals surface area contributed by atoms with E-state index in [1.54, 1.807) is 18.2 Å². The fourth-order valence-electron chi connectivity index (χ4n) is 4.41. The zero-order valence-corrected chi connectivity index (χ0v) is 15.0. The minimum absolute atomic E-state index is 0.170. The van der Waals surface area contributed by atoms with Crippen LogP contribution in [0, 0.1) is 11.8 Å². The summed E-state index contributed by atoms with van der Waals surface area (Å²) >= 11 is 0. The first-order valence-corrected chi connectivity index (χ1v) is 10.5. The monoisotopic (exact) mass is 364 g/mol. The van der Waals surface area contributed by atoms with Crippen LogP contribution in [0.2, 0.25) is 0 Å². The smallest absolute Gasteiger partial charge is 0.251 e. The molecule has 2 aliphatic carbocycles. The topological polar surface area (TPSA) is 75.7 Å². The van der Waals surface area contributed by atoms with Crippen LogP contribution in [-0.4, -0.2) is 51.0 Å². The average molecular weight is 364 g/mol. The van der Waals surface area contributed by atoms with Gasteiger partial charge in [-0.15, -0.1) is 0 Å². The summed E-state index contributed by atoms with van der Waals surface area (Å²) in [6.07, 6.45) is 4.75. The lowest BCUT2D eigenvalue weighted by Gasteiger charge is -2.26. The van der Waals surface area contributed by atoms with Gasteiger partial charge in [0.1, 0.15) is 0 Å². The Morgan fingerprint density at radius 1 is 1.16 bits per heavy atom. The molecule has 2 bridgehead atoms. The molecule has 0 spiro atoms. The minimum atomic E-state index is -3.58. The Balaban J connectivity index is 1.49. The standard InChI is InChI=1S/C18H24N2O4S/c21-18(19-17-11-13-4-5-14(17)10-13)15-2-1-3-16(12-15)25(22,23)20-6-8-24-9-7-20/h1-3,12-14,17H,4-11H2,(H,19,21)/t13-,14-,17-/m1/s1. The number of nitrogens with one attached hydrogen (secondary N) is 1. The molecule has 1 aromatic rings. The summed E-state index contributed by atoms with van der Waals surface area (Å²) in [5, 5.41) is 3.12. The molecule has 6 nitrogen and oxygen atoms in total. The third-order valence-electron chi connectivity index (χ3n) is 5.76. The highest BCUT2D eigenvalue weighted by molar-refractivity contribution is 7.89. The Morgan fingerprint density at radius 3 is 2.64 bits per heavy atom. The van der Waals surface area contributed by atoms with E-state index in [1.807, 2.05) is 0 Å². The highest BCUT2D eigenvalue weighted by Gasteiger charge is 2.40. The summed E-state index contributed by atoms with van der Waals surface area (Å²) in [6, 6.07) is 6.61. The Hall–Kier alpha value is -1.44. The maximum Gasteiger partial charge on any atom is 0.251 e. The van der Waals surface area contributed by atoms with Gasteiger partial charge in [-0.05, 0) is 49.3 Å². The van der Waals surface area contributed by atoms with Crippen molar-refractivity contribution in [1.82, 2.24) is 9.62 Å². The summed E-state index contributed by atoms with van der Waals surface area (Å²) in [5.74, 6) is 1.18. The first-order chi connectivity index (χ1) is 12.0. The normalized spacial score (nSPS) is 29.7. The molecule has 25 heavy (non-hydrogen) atoms. The largest absolute Gasteiger partial charge is 0.379 e. The molecule has 1 saturated heterocycles. The molecular weight excluding hydrogens is 340 g/mol. The van der Waals surface area contributed by atoms with Crippen LogP contribution in [0.3, 0.4) is 0 Å². The highest BCUT2D eigenvalue weighted by atomic mass is 32.2. The molecule has 0 aromatic heterocycles. The van der Waals surface area contributed by atoms with Gasteiger partial charge in [0, 0.05) is 24.7 Å². The van der Waals surface area contributed by atoms with Gasteiger partial charge >= 0.3 is 0 Å². The number of carbonyl (C=O) groups excluding carboxylic acids is 1. The third kappa shape index (κ3) is 3.32. The van der Waals surface area contributed by atoms with Gasteiger partial charge in [0.15, 0.2) is 0 Å². The van der Waals surface area contributed by atoms with Crippen LogP contribution in [0.5, 0.6) is 0 Å². The summed E-state index contributed by atoms with van der Waals surface area (Å²) in [7, 11) is -3.58. The van der Waals surface area contributed by atoms with Crippen LogP contribution >= 0.6 is 0 Å². The molecule has 1 N–H and O–H groups in total. The molecule has 0 radical (unpaired) electrons. The molecule has 3 atom stereocenters. The SMILES string of the molecule is O=C(N[C@@H]1C[C@@H]2CC[C@@H]1C2)c1cccc(S(=O)(=O)N2CCOCC2)c1. The fraction of sp³-hybridized carbons (Fsp3) is 0.611. The van der Waals surface area contributed by atoms with Crippen LogP contribution < -0.4 is 5.32 Å². The van der Waals surface area contributed by atoms with E-state index in [0.717, 1.165) is 12.3 Å². The van der Waals surface area contributed by atoms with E-state index >= 15 is 0 Å². The predicted molar refractivity (Wildman–Crippen MR) is 92.7 cm³/mol. The van der Waals surface area contributed by atoms with Crippen LogP contribution in [0.15, 0.2) is 29.2 Å². The van der Waals surface area contributed by atoms with Gasteiger partial charge in [0.25, 0.3) is 5.91 Å². The van der Waals surface area contributed by atoms with Crippen molar-refractivity contribution < 1.29 is 17.9 Å². The molecule has 1 aliphatic heterocycles. The molecule has 4 rings (SSSR count). The molecule has 1 amide bonds. The number of carbonyl (C=O) groups is 1. The van der Waals surface area contributed by atoms with Crippen LogP contribution in [0.4, 0.5) is 0 Å². The van der Waals surface area contributed by atoms with Gasteiger partial charge < -0.3 is 10.1 Å². The zero-order valence-electron chi connectivity index (χ0n) is 14.2. The van der Waals surface area contributed by atoms with Crippen molar-refractivity contribution in [3.8, 4) is 0 Å². The number of hydrogen-bond donors (Lipinski definition) is 1. The second-order valence-electron chi connectivity index (χ2n) is 7.30. The zero-order chi connectivity index (χ0) is 17.4. The number of morpholine rings is 1. The quantitative estimate of drug-likeness (QED) is 0.881. The lowest BCUT2D eigenvalue weighted by Crippen LogP contribution is -2.41. The number of benzene rings is 1. The van der Waals surface area contributed by atoms with Crippen LogP contribution in [0.25, 0.3) is 0 Å². The molecule has 0 unspecified atom stereocenters. The molecule has 136 valence electrons. The first-order valence-electron chi connectivity index (χ1n) is 9.03. The van der Waals surface area contributed by atoms with Crippen LogP contribution in [0.1, 0.15) is 36.0 Å². The first kappa shape index (κ1) is 17.0. The summed E-state index contributed by atoms with van der Waals surface area (Å²) < 4.78 is 32.1. The van der Waals surface area contributed by atoms with Crippen molar-refractivity contribution in [2.24, 2.45) is 11.8 Å². The Morgan fingerprint density at radius 2 is 1.96 bits per heavy atom. The van der Waals surface area contributed by atoms with Crippen molar-refractivity contribution in [2.75, 3.05) is 26.3 Å². The molecule has 3 fully saturated rings. The number of fused-ring (bicyclic) bond motifs is 2. The van der Waals surface area contributed by atoms with E-state index in [9.17, 15) is 13.2 Å². The summed E-state index contributed by atoms with van der Waals surface area (Å²) in [4.78, 5) is 12.8. The Kier molecular flexibility index (Phi) is 4.56. The lowest BCUT2D eigenvalue weighted by molar-refractivity contribution is 0.0730. The number of ether oxygens (including phenoxy) is 1. The number of nitrogens with zero attached hydrogens (tertiary/aromatic N) is 1. The average Bonchev–Trinajstić information content (AvgIpc) is 3.25. The highest BCUT2D eigenvalue weighted by Crippen LogP contribution is 2.44. The van der Waals surface area contributed by atoms with Gasteiger partial charge in [-0.3, -0.25) is 4.79 Å². The van der Waals surface area contributed by atoms with E-state index < -0.39 is 10.0 Å². The van der Waals surface area contributed by atoms with Crippen molar-refractivity contribution >= 4 is 15.9 Å². The molecular formula is C18H24N2O4S. The lowest BCUT2D eigenvalue weighted by atomic mass is 9.95. The van der Waals surface area contributed by atoms with Crippen LogP contribution in [-0.2, 0) is 14.8 Å².